The first kappa shape index (κ1) is 63.4. The fourth-order valence-electron chi connectivity index (χ4n) is 7.80. The molecule has 412 valence electrons. The summed E-state index contributed by atoms with van der Waals surface area (Å²) in [6.07, 6.45) is 19.4. The van der Waals surface area contributed by atoms with Gasteiger partial charge in [-0.2, -0.15) is 9.29 Å². The molecule has 0 amide bonds. The van der Waals surface area contributed by atoms with E-state index in [2.05, 4.69) is 46.6 Å². The topological polar surface area (TPSA) is 326 Å². The predicted molar refractivity (Wildman–Crippen MR) is 272 cm³/mol. The molecule has 23 heteroatoms. The zero-order chi connectivity index (χ0) is 53.7. The van der Waals surface area contributed by atoms with Gasteiger partial charge in [0.25, 0.3) is 0 Å². The highest BCUT2D eigenvalue weighted by Gasteiger charge is 2.45. The van der Waals surface area contributed by atoms with Crippen LogP contribution < -0.4 is 11.4 Å². The number of allylic oxidation sites excluding steroid dienone is 9. The van der Waals surface area contributed by atoms with Gasteiger partial charge in [-0.05, 0) is 63.9 Å². The van der Waals surface area contributed by atoms with Crippen LogP contribution in [0.25, 0.3) is 0 Å². The number of nitrogens with two attached hydrogens (primary N) is 1. The van der Waals surface area contributed by atoms with Gasteiger partial charge in [0, 0.05) is 30.9 Å². The van der Waals surface area contributed by atoms with Crippen LogP contribution in [-0.4, -0.2) is 119 Å². The molecule has 3 rings (SSSR count). The Balaban J connectivity index is 1.78. The molecule has 9 N–H and O–H groups in total. The third kappa shape index (κ3) is 25.4. The van der Waals surface area contributed by atoms with Gasteiger partial charge in [0.05, 0.1) is 44.1 Å². The van der Waals surface area contributed by atoms with E-state index in [1.807, 2.05) is 25.2 Å². The summed E-state index contributed by atoms with van der Waals surface area (Å²) in [5, 5.41) is 57.2. The number of fused-ring (bicyclic) bond motifs is 3. The van der Waals surface area contributed by atoms with E-state index in [1.165, 1.54) is 49.6 Å². The van der Waals surface area contributed by atoms with Crippen LogP contribution >= 0.6 is 15.6 Å². The van der Waals surface area contributed by atoms with Gasteiger partial charge in [-0.1, -0.05) is 119 Å². The zero-order valence-corrected chi connectivity index (χ0v) is 43.8. The summed E-state index contributed by atoms with van der Waals surface area (Å²) in [6.45, 7) is 1.34. The van der Waals surface area contributed by atoms with E-state index in [-0.39, 0.29) is 18.7 Å². The molecule has 1 aromatic heterocycles. The molecular weight excluding hydrogens is 993 g/mol. The maximum atomic E-state index is 13.3. The number of hydrogen-bond donors (Lipinski definition) is 8. The van der Waals surface area contributed by atoms with E-state index in [9.17, 15) is 58.8 Å². The lowest BCUT2D eigenvalue weighted by molar-refractivity contribution is -0.194. The van der Waals surface area contributed by atoms with Crippen molar-refractivity contribution in [3.63, 3.8) is 0 Å². The van der Waals surface area contributed by atoms with Gasteiger partial charge in [0.1, 0.15) is 30.9 Å². The van der Waals surface area contributed by atoms with E-state index < -0.39 is 127 Å². The molecule has 73 heavy (non-hydrogen) atoms. The van der Waals surface area contributed by atoms with Crippen molar-refractivity contribution in [1.82, 2.24) is 9.55 Å². The lowest BCUT2D eigenvalue weighted by atomic mass is 9.82. The minimum Gasteiger partial charge on any atom is -0.462 e. The van der Waals surface area contributed by atoms with Crippen LogP contribution in [0.2, 0.25) is 0 Å². The number of rotatable bonds is 23. The van der Waals surface area contributed by atoms with Gasteiger partial charge < -0.3 is 55.3 Å². The molecule has 0 spiro atoms. The number of cyclic esters (lactones) is 1. The Morgan fingerprint density at radius 1 is 0.849 bits per heavy atom. The molecule has 2 unspecified atom stereocenters. The lowest BCUT2D eigenvalue weighted by Gasteiger charge is -2.40. The standard InChI is InChI=1S/C50H79N3O18P2/c1-3-5-7-8-9-10-11-12-13-14-15-16-17-18-19-20-22-27-45(57)66-34-38-35-67-72(62,63)71-73(64,65)68-36-43-48(60)47(59)39(30-29-37(54)25-21-6-4-2)41(55)33-42(56)40(26-23-24-28-46(58)69-38)49(70-43)53-32-31-44(51)52-50(53)61/h9-10,12-13,15-16,18-19,23-24,29-32,37-43,47-49,54-56,59-60H,3-8,11,14,17,20-22,25-28,33-36H2,1-2H3,(H,62,63)(H,64,65)(H2,51,52,61)/b10-9-,13-12-,16-15-,19-18-,24-23-,30-29?/t37-,38-,39+,40-,41-,42+,43-,47+,48-,49-/m1/s1. The number of ether oxygens (including phenoxy) is 3. The second kappa shape index (κ2) is 34.6. The number of nitrogens with zero attached hydrogens (tertiary/aromatic N) is 2. The smallest absolute Gasteiger partial charge is 0.462 e. The summed E-state index contributed by atoms with van der Waals surface area (Å²) >= 11 is 0. The second-order valence-corrected chi connectivity index (χ2v) is 21.0. The summed E-state index contributed by atoms with van der Waals surface area (Å²) < 4.78 is 58.5. The first-order valence-electron chi connectivity index (χ1n) is 25.2. The molecule has 2 aliphatic heterocycles. The fourth-order valence-corrected chi connectivity index (χ4v) is 9.91. The highest BCUT2D eigenvalue weighted by atomic mass is 31.3. The number of aromatic nitrogens is 2. The first-order chi connectivity index (χ1) is 34.9. The van der Waals surface area contributed by atoms with Crippen LogP contribution in [0.1, 0.15) is 129 Å². The Morgan fingerprint density at radius 2 is 1.47 bits per heavy atom. The van der Waals surface area contributed by atoms with Gasteiger partial charge in [-0.15, -0.1) is 0 Å². The van der Waals surface area contributed by atoms with E-state index in [0.29, 0.717) is 25.7 Å². The van der Waals surface area contributed by atoms with E-state index in [0.717, 1.165) is 49.3 Å². The zero-order valence-electron chi connectivity index (χ0n) is 42.0. The fraction of sp³-hybridized carbons (Fsp3) is 0.640. The number of esters is 2. The number of nitrogen functional groups attached to an aromatic ring is 1. The molecule has 12 atom stereocenters. The Labute approximate surface area is 428 Å². The minimum absolute atomic E-state index is 0.0193. The molecule has 1 aromatic rings. The highest BCUT2D eigenvalue weighted by molar-refractivity contribution is 7.61. The van der Waals surface area contributed by atoms with Crippen molar-refractivity contribution in [2.75, 3.05) is 25.6 Å². The van der Waals surface area contributed by atoms with Crippen LogP contribution in [0.4, 0.5) is 5.82 Å². The average Bonchev–Trinajstić information content (AvgIpc) is 3.33. The number of hydrogen-bond acceptors (Lipinski definition) is 18. The number of aliphatic hydroxyl groups is 5. The largest absolute Gasteiger partial charge is 0.481 e. The third-order valence-electron chi connectivity index (χ3n) is 11.8. The Bertz CT molecular complexity index is 2130. The first-order valence-corrected chi connectivity index (χ1v) is 28.2. The van der Waals surface area contributed by atoms with Gasteiger partial charge in [0.2, 0.25) is 0 Å². The monoisotopic (exact) mass is 1070 g/mol. The van der Waals surface area contributed by atoms with Crippen molar-refractivity contribution in [3.05, 3.63) is 95.7 Å². The summed E-state index contributed by atoms with van der Waals surface area (Å²) in [5.74, 6) is -4.51. The number of carbonyl (C=O) groups excluding carboxylic acids is 2. The highest BCUT2D eigenvalue weighted by Crippen LogP contribution is 2.60. The molecule has 1 saturated heterocycles. The van der Waals surface area contributed by atoms with Crippen LogP contribution in [0, 0.1) is 11.8 Å². The van der Waals surface area contributed by atoms with Gasteiger partial charge in [-0.3, -0.25) is 23.2 Å². The SMILES string of the molecule is CCCCC/C=C\C/C=C\C/C=C\C/C=C\CCCC(=O)OC[C@@H]1COP(=O)(O)OP(=O)(O)OC[C@H]2O[C@@H](n3ccc(N)nc3=O)[C@H](C/C=C\CC(=O)O1)[C@@H](O)C[C@@H](O)[C@H](C=C[C@H](O)CCCCC)[C@H](O)[C@@H]2O. The number of phosphoric ester groups is 2. The summed E-state index contributed by atoms with van der Waals surface area (Å²) in [4.78, 5) is 64.1. The molecule has 0 saturated carbocycles. The van der Waals surface area contributed by atoms with Crippen molar-refractivity contribution in [3.8, 4) is 0 Å². The molecule has 0 radical (unpaired) electrons. The Hall–Kier alpha value is -3.92. The predicted octanol–water partition coefficient (Wildman–Crippen LogP) is 6.49. The number of aliphatic hydroxyl groups excluding tert-OH is 5. The van der Waals surface area contributed by atoms with Crippen molar-refractivity contribution in [2.45, 2.75) is 172 Å². The normalized spacial score (nSPS) is 30.5. The number of anilines is 1. The lowest BCUT2D eigenvalue weighted by Crippen LogP contribution is -2.52. The van der Waals surface area contributed by atoms with Gasteiger partial charge in [0.15, 0.2) is 6.10 Å². The second-order valence-electron chi connectivity index (χ2n) is 17.9. The van der Waals surface area contributed by atoms with Crippen LogP contribution in [0.3, 0.4) is 0 Å². The molecule has 3 heterocycles. The number of phosphoric acid groups is 2. The molecule has 0 aliphatic carbocycles. The van der Waals surface area contributed by atoms with Crippen molar-refractivity contribution in [1.29, 1.82) is 0 Å². The molecule has 21 nitrogen and oxygen atoms in total. The van der Waals surface area contributed by atoms with Crippen molar-refractivity contribution < 1.29 is 81.6 Å². The van der Waals surface area contributed by atoms with Gasteiger partial charge in [-0.25, -0.2) is 13.9 Å². The Morgan fingerprint density at radius 3 is 2.11 bits per heavy atom. The molecule has 1 fully saturated rings. The molecule has 2 bridgehead atoms. The molecule has 2 aliphatic rings. The van der Waals surface area contributed by atoms with Crippen LogP contribution in [0.5, 0.6) is 0 Å². The molecule has 0 aromatic carbocycles. The van der Waals surface area contributed by atoms with Crippen LogP contribution in [-0.2, 0) is 46.3 Å². The minimum atomic E-state index is -5.70. The van der Waals surface area contributed by atoms with E-state index in [1.54, 1.807) is 0 Å². The number of carbonyl (C=O) groups is 2. The summed E-state index contributed by atoms with van der Waals surface area (Å²) in [7, 11) is -11.3. The summed E-state index contributed by atoms with van der Waals surface area (Å²) in [6, 6.07) is 1.21. The van der Waals surface area contributed by atoms with E-state index >= 15 is 0 Å². The quantitative estimate of drug-likeness (QED) is 0.0251. The maximum Gasteiger partial charge on any atom is 0.481 e. The Kier molecular flexibility index (Phi) is 30.0. The van der Waals surface area contributed by atoms with Crippen LogP contribution in [0.15, 0.2) is 90.0 Å². The summed E-state index contributed by atoms with van der Waals surface area (Å²) in [5.41, 5.74) is 4.72. The number of unbranched alkanes of at least 4 members (excludes halogenated alkanes) is 6. The maximum absolute atomic E-state index is 13.3. The van der Waals surface area contributed by atoms with Crippen molar-refractivity contribution >= 4 is 33.4 Å². The average molecular weight is 1070 g/mol. The van der Waals surface area contributed by atoms with Gasteiger partial charge >= 0.3 is 33.3 Å². The third-order valence-corrected chi connectivity index (χ3v) is 14.4. The van der Waals surface area contributed by atoms with Crippen molar-refractivity contribution in [2.24, 2.45) is 11.8 Å². The molecular formula is C50H79N3O18P2. The van der Waals surface area contributed by atoms with E-state index in [4.69, 9.17) is 29.0 Å².